The summed E-state index contributed by atoms with van der Waals surface area (Å²) in [6.07, 6.45) is 15.7. The topological polar surface area (TPSA) is 12.0 Å². The number of unbranched alkanes of at least 4 members (excludes halogenated alkanes) is 7. The van der Waals surface area contributed by atoms with Gasteiger partial charge in [-0.2, -0.15) is 0 Å². The van der Waals surface area contributed by atoms with Crippen molar-refractivity contribution in [3.63, 3.8) is 0 Å². The van der Waals surface area contributed by atoms with Gasteiger partial charge < -0.3 is 5.32 Å². The summed E-state index contributed by atoms with van der Waals surface area (Å²) in [6.45, 7) is 10.8. The van der Waals surface area contributed by atoms with E-state index >= 15 is 0 Å². The molecule has 0 amide bonds. The molecule has 1 unspecified atom stereocenters. The quantitative estimate of drug-likeness (QED) is 0.412. The van der Waals surface area contributed by atoms with Crippen LogP contribution in [-0.4, -0.2) is 12.6 Å². The Morgan fingerprint density at radius 3 is 2.00 bits per heavy atom. The average molecular weight is 282 g/mol. The molecule has 1 aliphatic rings. The zero-order valence-electron chi connectivity index (χ0n) is 14.6. The maximum absolute atomic E-state index is 3.75. The fraction of sp³-hybridized carbons (Fsp3) is 1.00. The van der Waals surface area contributed by atoms with Gasteiger partial charge in [0.2, 0.25) is 0 Å². The lowest BCUT2D eigenvalue weighted by molar-refractivity contribution is 0.184. The third-order valence-corrected chi connectivity index (χ3v) is 5.37. The molecule has 0 spiro atoms. The molecule has 20 heavy (non-hydrogen) atoms. The van der Waals surface area contributed by atoms with Crippen LogP contribution in [0.4, 0.5) is 0 Å². The van der Waals surface area contributed by atoms with Gasteiger partial charge in [0.15, 0.2) is 0 Å². The van der Waals surface area contributed by atoms with E-state index in [1.54, 1.807) is 0 Å². The van der Waals surface area contributed by atoms with Crippen LogP contribution in [0.3, 0.4) is 0 Å². The summed E-state index contributed by atoms with van der Waals surface area (Å²) < 4.78 is 0. The van der Waals surface area contributed by atoms with E-state index in [0.717, 1.165) is 12.0 Å². The second-order valence-electron chi connectivity index (χ2n) is 7.69. The molecule has 1 saturated carbocycles. The van der Waals surface area contributed by atoms with Gasteiger partial charge in [0.1, 0.15) is 0 Å². The van der Waals surface area contributed by atoms with Crippen molar-refractivity contribution in [3.05, 3.63) is 0 Å². The monoisotopic (exact) mass is 281 g/mol. The molecule has 0 radical (unpaired) electrons. The van der Waals surface area contributed by atoms with E-state index in [2.05, 4.69) is 33.0 Å². The zero-order chi connectivity index (χ0) is 14.8. The molecule has 0 bridgehead atoms. The highest BCUT2D eigenvalue weighted by Crippen LogP contribution is 2.34. The molecule has 0 aromatic rings. The minimum absolute atomic E-state index is 0.505. The van der Waals surface area contributed by atoms with Crippen molar-refractivity contribution in [2.24, 2.45) is 11.3 Å². The Labute approximate surface area is 128 Å². The number of hydrogen-bond donors (Lipinski definition) is 1. The largest absolute Gasteiger partial charge is 0.313 e. The third kappa shape index (κ3) is 7.67. The van der Waals surface area contributed by atoms with Crippen molar-refractivity contribution >= 4 is 0 Å². The Morgan fingerprint density at radius 1 is 0.950 bits per heavy atom. The van der Waals surface area contributed by atoms with Crippen molar-refractivity contribution in [2.45, 2.75) is 104 Å². The molecule has 0 saturated heterocycles. The van der Waals surface area contributed by atoms with Gasteiger partial charge in [-0.1, -0.05) is 79.1 Å². The summed E-state index contributed by atoms with van der Waals surface area (Å²) in [4.78, 5) is 0. The van der Waals surface area contributed by atoms with Gasteiger partial charge in [-0.05, 0) is 30.6 Å². The predicted octanol–water partition coefficient (Wildman–Crippen LogP) is 5.93. The molecule has 0 aromatic heterocycles. The molecule has 1 nitrogen and oxygen atoms in total. The maximum Gasteiger partial charge on any atom is 0.00684 e. The lowest BCUT2D eigenvalue weighted by Crippen LogP contribution is -2.37. The Balaban J connectivity index is 2.05. The molecular weight excluding hydrogens is 242 g/mol. The van der Waals surface area contributed by atoms with E-state index < -0.39 is 0 Å². The molecule has 0 aromatic carbocycles. The van der Waals surface area contributed by atoms with Crippen LogP contribution in [0.5, 0.6) is 0 Å². The van der Waals surface area contributed by atoms with Crippen LogP contribution in [0.1, 0.15) is 98.3 Å². The van der Waals surface area contributed by atoms with Crippen LogP contribution in [0.15, 0.2) is 0 Å². The molecule has 120 valence electrons. The normalized spacial score (nSPS) is 18.4. The summed E-state index contributed by atoms with van der Waals surface area (Å²) in [7, 11) is 0. The lowest BCUT2D eigenvalue weighted by atomic mass is 9.75. The molecule has 0 heterocycles. The molecule has 0 aliphatic heterocycles. The van der Waals surface area contributed by atoms with Crippen molar-refractivity contribution in [3.8, 4) is 0 Å². The van der Waals surface area contributed by atoms with Crippen LogP contribution in [-0.2, 0) is 0 Å². The summed E-state index contributed by atoms with van der Waals surface area (Å²) in [6, 6.07) is 0.853. The van der Waals surface area contributed by atoms with Crippen molar-refractivity contribution in [1.82, 2.24) is 5.32 Å². The summed E-state index contributed by atoms with van der Waals surface area (Å²) in [5.41, 5.74) is 0.505. The van der Waals surface area contributed by atoms with Crippen LogP contribution < -0.4 is 5.32 Å². The van der Waals surface area contributed by atoms with Crippen LogP contribution >= 0.6 is 0 Å². The molecule has 1 heteroatoms. The van der Waals surface area contributed by atoms with Gasteiger partial charge in [-0.25, -0.2) is 0 Å². The van der Waals surface area contributed by atoms with E-state index in [0.29, 0.717) is 5.41 Å². The fourth-order valence-electron chi connectivity index (χ4n) is 2.91. The molecule has 1 aliphatic carbocycles. The van der Waals surface area contributed by atoms with Gasteiger partial charge in [0, 0.05) is 12.6 Å². The fourth-order valence-corrected chi connectivity index (χ4v) is 2.91. The highest BCUT2D eigenvalue weighted by Gasteiger charge is 2.30. The third-order valence-electron chi connectivity index (χ3n) is 5.37. The Hall–Kier alpha value is -0.0400. The highest BCUT2D eigenvalue weighted by atomic mass is 15.0. The maximum atomic E-state index is 3.75. The van der Waals surface area contributed by atoms with E-state index in [4.69, 9.17) is 0 Å². The van der Waals surface area contributed by atoms with Gasteiger partial charge in [0.05, 0.1) is 0 Å². The standard InChI is InChI=1S/C19H39N/c1-5-6-7-8-9-10-11-12-15-19(4,17(2)3)16-20-18-13-14-18/h17-18,20H,5-16H2,1-4H3. The number of hydrogen-bond acceptors (Lipinski definition) is 1. The van der Waals surface area contributed by atoms with Gasteiger partial charge in [-0.15, -0.1) is 0 Å². The number of rotatable bonds is 13. The second kappa shape index (κ2) is 9.82. The molecule has 1 rings (SSSR count). The summed E-state index contributed by atoms with van der Waals surface area (Å²) in [5.74, 6) is 0.790. The first kappa shape index (κ1) is 18.0. The molecule has 1 fully saturated rings. The van der Waals surface area contributed by atoms with Gasteiger partial charge >= 0.3 is 0 Å². The van der Waals surface area contributed by atoms with Gasteiger partial charge in [-0.3, -0.25) is 0 Å². The van der Waals surface area contributed by atoms with Crippen LogP contribution in [0.2, 0.25) is 0 Å². The number of nitrogens with one attached hydrogen (secondary N) is 1. The lowest BCUT2D eigenvalue weighted by Gasteiger charge is -2.34. The van der Waals surface area contributed by atoms with E-state index in [9.17, 15) is 0 Å². The minimum Gasteiger partial charge on any atom is -0.313 e. The van der Waals surface area contributed by atoms with Crippen molar-refractivity contribution in [1.29, 1.82) is 0 Å². The first-order valence-corrected chi connectivity index (χ1v) is 9.32. The van der Waals surface area contributed by atoms with Crippen LogP contribution in [0.25, 0.3) is 0 Å². The zero-order valence-corrected chi connectivity index (χ0v) is 14.6. The van der Waals surface area contributed by atoms with Gasteiger partial charge in [0.25, 0.3) is 0 Å². The van der Waals surface area contributed by atoms with Crippen LogP contribution in [0, 0.1) is 11.3 Å². The summed E-state index contributed by atoms with van der Waals surface area (Å²) >= 11 is 0. The first-order chi connectivity index (χ1) is 9.58. The molecular formula is C19H39N. The SMILES string of the molecule is CCCCCCCCCCC(C)(CNC1CC1)C(C)C. The first-order valence-electron chi connectivity index (χ1n) is 9.32. The predicted molar refractivity (Wildman–Crippen MR) is 91.2 cm³/mol. The van der Waals surface area contributed by atoms with E-state index in [1.165, 1.54) is 77.2 Å². The average Bonchev–Trinajstić information content (AvgIpc) is 3.23. The Kier molecular flexibility index (Phi) is 8.84. The second-order valence-corrected chi connectivity index (χ2v) is 7.69. The molecule has 1 atom stereocenters. The minimum atomic E-state index is 0.505. The smallest absolute Gasteiger partial charge is 0.00684 e. The Morgan fingerprint density at radius 2 is 1.50 bits per heavy atom. The van der Waals surface area contributed by atoms with E-state index in [1.807, 2.05) is 0 Å². The van der Waals surface area contributed by atoms with Crippen molar-refractivity contribution in [2.75, 3.05) is 6.54 Å². The summed E-state index contributed by atoms with van der Waals surface area (Å²) in [5, 5.41) is 3.75. The molecule has 1 N–H and O–H groups in total. The highest BCUT2D eigenvalue weighted by molar-refractivity contribution is 4.87. The van der Waals surface area contributed by atoms with E-state index in [-0.39, 0.29) is 0 Å². The Bertz CT molecular complexity index is 232. The van der Waals surface area contributed by atoms with Crippen molar-refractivity contribution < 1.29 is 0 Å².